The number of sulfonamides is 1. The highest BCUT2D eigenvalue weighted by atomic mass is 32.2. The van der Waals surface area contributed by atoms with Crippen molar-refractivity contribution < 1.29 is 8.42 Å². The van der Waals surface area contributed by atoms with Gasteiger partial charge < -0.3 is 4.98 Å². The summed E-state index contributed by atoms with van der Waals surface area (Å²) in [5, 5.41) is 0.288. The van der Waals surface area contributed by atoms with Gasteiger partial charge in [-0.1, -0.05) is 28.7 Å². The minimum atomic E-state index is -3.80. The number of nitrogens with zero attached hydrogens (tertiary/aromatic N) is 1. The molecule has 0 spiro atoms. The van der Waals surface area contributed by atoms with Crippen LogP contribution in [0, 0.1) is 13.8 Å². The first-order chi connectivity index (χ1) is 9.85. The molecule has 2 heterocycles. The Bertz CT molecular complexity index is 982. The molecule has 2 aromatic heterocycles. The number of anilines is 1. The smallest absolute Gasteiger partial charge is 0.306 e. The fraction of sp³-hybridized carbons (Fsp3) is 0.167. The molecule has 0 unspecified atom stereocenters. The highest BCUT2D eigenvalue weighted by Gasteiger charge is 2.22. The lowest BCUT2D eigenvalue weighted by Gasteiger charge is -2.02. The van der Waals surface area contributed by atoms with Crippen molar-refractivity contribution >= 4 is 48.0 Å². The van der Waals surface area contributed by atoms with Crippen molar-refractivity contribution in [3.05, 3.63) is 39.1 Å². The van der Waals surface area contributed by atoms with Crippen LogP contribution >= 0.6 is 22.7 Å². The van der Waals surface area contributed by atoms with Crippen LogP contribution in [0.1, 0.15) is 11.3 Å². The van der Waals surface area contributed by atoms with Crippen molar-refractivity contribution in [2.45, 2.75) is 18.1 Å². The molecule has 0 amide bonds. The topological polar surface area (TPSA) is 91.9 Å². The third-order valence-corrected chi connectivity index (χ3v) is 6.80. The monoisotopic (exact) mass is 341 g/mol. The lowest BCUT2D eigenvalue weighted by Crippen LogP contribution is -2.12. The average molecular weight is 341 g/mol. The molecule has 0 atom stereocenters. The molecule has 3 aromatic rings. The van der Waals surface area contributed by atoms with Crippen LogP contribution in [0.4, 0.5) is 5.13 Å². The second-order valence-electron chi connectivity index (χ2n) is 4.52. The number of H-pyrrole nitrogens is 1. The van der Waals surface area contributed by atoms with Gasteiger partial charge in [-0.2, -0.15) is 0 Å². The van der Waals surface area contributed by atoms with Crippen LogP contribution < -0.4 is 9.60 Å². The first kappa shape index (κ1) is 14.2. The highest BCUT2D eigenvalue weighted by molar-refractivity contribution is 7.94. The number of thiazole rings is 2. The zero-order chi connectivity index (χ0) is 15.2. The molecule has 21 heavy (non-hydrogen) atoms. The number of hydrogen-bond donors (Lipinski definition) is 2. The maximum absolute atomic E-state index is 12.3. The molecular formula is C12H11N3O3S3. The summed E-state index contributed by atoms with van der Waals surface area (Å²) in [5.41, 5.74) is 2.15. The minimum Gasteiger partial charge on any atom is -0.315 e. The molecule has 0 fully saturated rings. The van der Waals surface area contributed by atoms with Crippen molar-refractivity contribution in [1.82, 2.24) is 9.97 Å². The van der Waals surface area contributed by atoms with Gasteiger partial charge in [-0.25, -0.2) is 13.4 Å². The van der Waals surface area contributed by atoms with Gasteiger partial charge in [0.1, 0.15) is 0 Å². The molecule has 9 heteroatoms. The van der Waals surface area contributed by atoms with Gasteiger partial charge in [0.2, 0.25) is 0 Å². The van der Waals surface area contributed by atoms with Gasteiger partial charge in [0, 0.05) is 5.69 Å². The third kappa shape index (κ3) is 2.71. The van der Waals surface area contributed by atoms with E-state index in [9.17, 15) is 13.2 Å². The van der Waals surface area contributed by atoms with Crippen LogP contribution in [-0.4, -0.2) is 18.4 Å². The van der Waals surface area contributed by atoms with E-state index in [1.165, 1.54) is 11.3 Å². The average Bonchev–Trinajstić information content (AvgIpc) is 2.91. The molecule has 110 valence electrons. The van der Waals surface area contributed by atoms with Gasteiger partial charge in [-0.3, -0.25) is 9.52 Å². The normalized spacial score (nSPS) is 11.9. The zero-order valence-corrected chi connectivity index (χ0v) is 13.6. The van der Waals surface area contributed by atoms with E-state index in [0.717, 1.165) is 15.8 Å². The molecule has 0 saturated carbocycles. The second-order valence-corrected chi connectivity index (χ2v) is 8.41. The van der Waals surface area contributed by atoms with Crippen molar-refractivity contribution in [3.63, 3.8) is 0 Å². The fourth-order valence-corrected chi connectivity index (χ4v) is 5.38. The molecule has 3 rings (SSSR count). The van der Waals surface area contributed by atoms with Crippen LogP contribution in [0.2, 0.25) is 0 Å². The minimum absolute atomic E-state index is 0.0112. The van der Waals surface area contributed by atoms with Crippen LogP contribution in [0.25, 0.3) is 10.2 Å². The van der Waals surface area contributed by atoms with Gasteiger partial charge in [0.25, 0.3) is 10.0 Å². The Morgan fingerprint density at radius 2 is 2.00 bits per heavy atom. The summed E-state index contributed by atoms with van der Waals surface area (Å²) in [6, 6.07) is 5.71. The van der Waals surface area contributed by atoms with E-state index >= 15 is 0 Å². The van der Waals surface area contributed by atoms with Gasteiger partial charge in [-0.15, -0.1) is 0 Å². The van der Waals surface area contributed by atoms with Crippen molar-refractivity contribution in [1.29, 1.82) is 0 Å². The van der Waals surface area contributed by atoms with Crippen LogP contribution in [0.3, 0.4) is 0 Å². The van der Waals surface area contributed by atoms with Crippen molar-refractivity contribution in [2.24, 2.45) is 0 Å². The molecule has 0 aliphatic rings. The number of benzene rings is 1. The molecule has 0 aliphatic heterocycles. The number of aromatic nitrogens is 2. The van der Waals surface area contributed by atoms with Gasteiger partial charge in [-0.05, 0) is 31.5 Å². The summed E-state index contributed by atoms with van der Waals surface area (Å²) >= 11 is 1.93. The van der Waals surface area contributed by atoms with Crippen LogP contribution in [0.5, 0.6) is 0 Å². The summed E-state index contributed by atoms with van der Waals surface area (Å²) in [4.78, 5) is 17.6. The Balaban J connectivity index is 2.01. The molecule has 0 aliphatic carbocycles. The van der Waals surface area contributed by atoms with E-state index in [4.69, 9.17) is 0 Å². The Morgan fingerprint density at radius 1 is 1.24 bits per heavy atom. The molecule has 0 radical (unpaired) electrons. The van der Waals surface area contributed by atoms with E-state index in [1.807, 2.05) is 25.1 Å². The first-order valence-corrected chi connectivity index (χ1v) is 9.06. The van der Waals surface area contributed by atoms with Crippen molar-refractivity contribution in [3.8, 4) is 0 Å². The number of nitrogens with one attached hydrogen (secondary N) is 2. The van der Waals surface area contributed by atoms with E-state index in [-0.39, 0.29) is 9.34 Å². The Kier molecular flexibility index (Phi) is 3.34. The summed E-state index contributed by atoms with van der Waals surface area (Å²) in [6.07, 6.45) is 0. The maximum Gasteiger partial charge on any atom is 0.306 e. The van der Waals surface area contributed by atoms with Crippen LogP contribution in [0.15, 0.2) is 27.2 Å². The number of fused-ring (bicyclic) bond motifs is 1. The fourth-order valence-electron chi connectivity index (χ4n) is 1.88. The van der Waals surface area contributed by atoms with Crippen LogP contribution in [-0.2, 0) is 10.0 Å². The van der Waals surface area contributed by atoms with E-state index < -0.39 is 14.9 Å². The number of aromatic amines is 1. The molecule has 0 saturated heterocycles. The van der Waals surface area contributed by atoms with E-state index in [1.54, 1.807) is 6.92 Å². The lowest BCUT2D eigenvalue weighted by atomic mass is 10.2. The van der Waals surface area contributed by atoms with E-state index in [0.29, 0.717) is 17.0 Å². The van der Waals surface area contributed by atoms with E-state index in [2.05, 4.69) is 14.7 Å². The SMILES string of the molecule is Cc1ccc2nc(NS(=O)(=O)c3sc(=O)[nH]c3C)sc2c1. The summed E-state index contributed by atoms with van der Waals surface area (Å²) in [5.74, 6) is 0. The molecular weight excluding hydrogens is 330 g/mol. The third-order valence-electron chi connectivity index (χ3n) is 2.79. The number of aryl methyl sites for hydroxylation is 2. The second kappa shape index (κ2) is 4.93. The summed E-state index contributed by atoms with van der Waals surface area (Å²) in [7, 11) is -3.80. The summed E-state index contributed by atoms with van der Waals surface area (Å²) < 4.78 is 27.9. The first-order valence-electron chi connectivity index (χ1n) is 5.95. The molecule has 2 N–H and O–H groups in total. The quantitative estimate of drug-likeness (QED) is 0.765. The number of rotatable bonds is 3. The zero-order valence-electron chi connectivity index (χ0n) is 11.1. The standard InChI is InChI=1S/C12H11N3O3S3/c1-6-3-4-8-9(5-6)19-11(14-8)15-21(17,18)10-7(2)13-12(16)20-10/h3-5H,1-2H3,(H,13,16)(H,14,15). The van der Waals surface area contributed by atoms with Gasteiger partial charge >= 0.3 is 4.87 Å². The van der Waals surface area contributed by atoms with Gasteiger partial charge in [0.15, 0.2) is 9.34 Å². The summed E-state index contributed by atoms with van der Waals surface area (Å²) in [6.45, 7) is 3.51. The predicted octanol–water partition coefficient (Wildman–Crippen LogP) is 2.46. The predicted molar refractivity (Wildman–Crippen MR) is 84.8 cm³/mol. The van der Waals surface area contributed by atoms with Gasteiger partial charge in [0.05, 0.1) is 10.2 Å². The molecule has 0 bridgehead atoms. The maximum atomic E-state index is 12.3. The lowest BCUT2D eigenvalue weighted by molar-refractivity contribution is 0.602. The largest absolute Gasteiger partial charge is 0.315 e. The highest BCUT2D eigenvalue weighted by Crippen LogP contribution is 2.29. The molecule has 1 aromatic carbocycles. The Labute approximate surface area is 128 Å². The molecule has 6 nitrogen and oxygen atoms in total. The Hall–Kier alpha value is -1.71. The number of hydrogen-bond acceptors (Lipinski definition) is 6. The van der Waals surface area contributed by atoms with Crippen molar-refractivity contribution in [2.75, 3.05) is 4.72 Å². The Morgan fingerprint density at radius 3 is 2.67 bits per heavy atom.